The number of benzene rings is 7. The van der Waals surface area contributed by atoms with E-state index < -0.39 is 0 Å². The van der Waals surface area contributed by atoms with Crippen LogP contribution in [0.3, 0.4) is 0 Å². The fraction of sp³-hybridized carbons (Fsp3) is 0.296. The molecule has 0 fully saturated rings. The van der Waals surface area contributed by atoms with Gasteiger partial charge in [-0.05, 0) is 138 Å². The van der Waals surface area contributed by atoms with Crippen molar-refractivity contribution < 1.29 is 0 Å². The van der Waals surface area contributed by atoms with E-state index in [4.69, 9.17) is 0 Å². The van der Waals surface area contributed by atoms with E-state index in [2.05, 4.69) is 238 Å². The van der Waals surface area contributed by atoms with Crippen molar-refractivity contribution in [3.8, 4) is 0 Å². The van der Waals surface area contributed by atoms with Gasteiger partial charge in [0, 0.05) is 34.1 Å². The third kappa shape index (κ3) is 7.59. The molecule has 0 saturated carbocycles. The van der Waals surface area contributed by atoms with E-state index >= 15 is 0 Å². The lowest BCUT2D eigenvalue weighted by atomic mass is 9.74. The molecular formula is C54H60N2. The number of rotatable bonds is 6. The maximum absolute atomic E-state index is 2.45. The Labute approximate surface area is 336 Å². The molecule has 0 unspecified atom stereocenters. The number of nitrogens with zero attached hydrogens (tertiary/aromatic N) is 2. The van der Waals surface area contributed by atoms with Gasteiger partial charge in [0.1, 0.15) is 0 Å². The van der Waals surface area contributed by atoms with Crippen LogP contribution < -0.4 is 9.80 Å². The molecule has 0 saturated heterocycles. The smallest absolute Gasteiger partial charge is 0.0468 e. The van der Waals surface area contributed by atoms with E-state index in [0.717, 1.165) is 34.1 Å². The molecular weight excluding hydrogens is 677 g/mol. The summed E-state index contributed by atoms with van der Waals surface area (Å²) >= 11 is 0. The van der Waals surface area contributed by atoms with Crippen LogP contribution in [-0.4, -0.2) is 0 Å². The Morgan fingerprint density at radius 3 is 0.839 bits per heavy atom. The minimum atomic E-state index is -0.124. The second-order valence-corrected chi connectivity index (χ2v) is 19.6. The zero-order valence-corrected chi connectivity index (χ0v) is 35.8. The van der Waals surface area contributed by atoms with Crippen LogP contribution in [0.4, 0.5) is 34.1 Å². The molecule has 0 heterocycles. The lowest BCUT2D eigenvalue weighted by Crippen LogP contribution is -2.19. The van der Waals surface area contributed by atoms with Crippen LogP contribution in [0, 0.1) is 0 Å². The van der Waals surface area contributed by atoms with Crippen LogP contribution in [0.2, 0.25) is 0 Å². The standard InChI is InChI=1S/C54H60N2/c1-51(2,3)37-23-27-41(28-24-37)55(39-19-15-13-16-20-39)43-31-33-45-47(35-43)49(53(7,8)9)46-34-32-44(36-48(46)50(45)54(10,11)12)56(40-21-17-14-18-22-40)42-29-25-38(26-30-42)52(4,5)6/h13-36H,1-12H3. The first kappa shape index (κ1) is 38.9. The molecule has 286 valence electrons. The molecule has 0 amide bonds. The summed E-state index contributed by atoms with van der Waals surface area (Å²) in [5.74, 6) is 0. The molecule has 0 spiro atoms. The van der Waals surface area contributed by atoms with Crippen LogP contribution in [0.1, 0.15) is 105 Å². The van der Waals surface area contributed by atoms with Crippen LogP contribution in [0.15, 0.2) is 146 Å². The van der Waals surface area contributed by atoms with Gasteiger partial charge < -0.3 is 9.80 Å². The van der Waals surface area contributed by atoms with Gasteiger partial charge in [-0.1, -0.05) is 156 Å². The molecule has 56 heavy (non-hydrogen) atoms. The van der Waals surface area contributed by atoms with Crippen LogP contribution in [0.5, 0.6) is 0 Å². The predicted molar refractivity (Wildman–Crippen MR) is 246 cm³/mol. The molecule has 7 aromatic carbocycles. The average Bonchev–Trinajstić information content (AvgIpc) is 3.13. The van der Waals surface area contributed by atoms with Gasteiger partial charge in [-0.2, -0.15) is 0 Å². The molecule has 7 aromatic rings. The topological polar surface area (TPSA) is 6.48 Å². The van der Waals surface area contributed by atoms with Gasteiger partial charge in [0.05, 0.1) is 0 Å². The second-order valence-electron chi connectivity index (χ2n) is 19.6. The highest BCUT2D eigenvalue weighted by atomic mass is 15.1. The van der Waals surface area contributed by atoms with Gasteiger partial charge >= 0.3 is 0 Å². The lowest BCUT2D eigenvalue weighted by molar-refractivity contribution is 0.590. The Balaban J connectivity index is 1.49. The first-order valence-electron chi connectivity index (χ1n) is 20.3. The summed E-state index contributed by atoms with van der Waals surface area (Å²) in [6.45, 7) is 27.9. The summed E-state index contributed by atoms with van der Waals surface area (Å²) in [5, 5.41) is 5.25. The van der Waals surface area contributed by atoms with Crippen molar-refractivity contribution in [3.05, 3.63) is 168 Å². The molecule has 0 N–H and O–H groups in total. The van der Waals surface area contributed by atoms with Crippen LogP contribution >= 0.6 is 0 Å². The second kappa shape index (κ2) is 14.3. The first-order chi connectivity index (χ1) is 26.3. The van der Waals surface area contributed by atoms with Crippen molar-refractivity contribution in [2.45, 2.75) is 105 Å². The van der Waals surface area contributed by atoms with Gasteiger partial charge in [-0.15, -0.1) is 0 Å². The average molecular weight is 737 g/mol. The molecule has 0 bridgehead atoms. The molecule has 0 radical (unpaired) electrons. The Bertz CT molecular complexity index is 2290. The largest absolute Gasteiger partial charge is 0.310 e. The molecule has 0 atom stereocenters. The Kier molecular flexibility index (Phi) is 9.94. The quantitative estimate of drug-likeness (QED) is 0.157. The minimum Gasteiger partial charge on any atom is -0.310 e. The van der Waals surface area contributed by atoms with Gasteiger partial charge in [0.15, 0.2) is 0 Å². The summed E-state index contributed by atoms with van der Waals surface area (Å²) < 4.78 is 0. The molecule has 0 aromatic heterocycles. The Hall–Kier alpha value is -5.34. The Morgan fingerprint density at radius 2 is 0.554 bits per heavy atom. The minimum absolute atomic E-state index is 0.0833. The SMILES string of the molecule is CC(C)(C)c1ccc(N(c2ccccc2)c2ccc3c(C(C)(C)C)c4cc(N(c5ccccc5)c5ccc(C(C)(C)C)cc5)ccc4c(C(C)(C)C)c3c2)cc1. The van der Waals surface area contributed by atoms with Crippen molar-refractivity contribution in [2.75, 3.05) is 9.80 Å². The first-order valence-corrected chi connectivity index (χ1v) is 20.3. The summed E-state index contributed by atoms with van der Waals surface area (Å²) in [7, 11) is 0. The van der Waals surface area contributed by atoms with Crippen LogP contribution in [-0.2, 0) is 21.7 Å². The number of hydrogen-bond acceptors (Lipinski definition) is 2. The van der Waals surface area contributed by atoms with E-state index in [1.807, 2.05) is 0 Å². The molecule has 2 heteroatoms. The van der Waals surface area contributed by atoms with Crippen molar-refractivity contribution in [1.29, 1.82) is 0 Å². The van der Waals surface area contributed by atoms with Crippen molar-refractivity contribution in [2.24, 2.45) is 0 Å². The van der Waals surface area contributed by atoms with E-state index in [0.29, 0.717) is 0 Å². The summed E-state index contributed by atoms with van der Waals surface area (Å²) in [4.78, 5) is 4.82. The van der Waals surface area contributed by atoms with Gasteiger partial charge in [-0.25, -0.2) is 0 Å². The van der Waals surface area contributed by atoms with Gasteiger partial charge in [-0.3, -0.25) is 0 Å². The zero-order valence-electron chi connectivity index (χ0n) is 35.8. The summed E-state index contributed by atoms with van der Waals surface area (Å²) in [5.41, 5.74) is 12.2. The molecule has 7 rings (SSSR count). The third-order valence-corrected chi connectivity index (χ3v) is 11.1. The zero-order chi connectivity index (χ0) is 40.2. The molecule has 0 aliphatic heterocycles. The fourth-order valence-corrected chi connectivity index (χ4v) is 8.37. The van der Waals surface area contributed by atoms with Crippen LogP contribution in [0.25, 0.3) is 21.5 Å². The maximum Gasteiger partial charge on any atom is 0.0468 e. The number of hydrogen-bond donors (Lipinski definition) is 0. The molecule has 0 aliphatic rings. The highest BCUT2D eigenvalue weighted by Gasteiger charge is 2.29. The lowest BCUT2D eigenvalue weighted by Gasteiger charge is -2.33. The Morgan fingerprint density at radius 1 is 0.268 bits per heavy atom. The van der Waals surface area contributed by atoms with Crippen molar-refractivity contribution >= 4 is 55.7 Å². The van der Waals surface area contributed by atoms with E-state index in [1.165, 1.54) is 43.8 Å². The number of anilines is 6. The molecule has 0 aliphatic carbocycles. The predicted octanol–water partition coefficient (Wildman–Crippen LogP) is 16.1. The number of para-hydroxylation sites is 2. The summed E-state index contributed by atoms with van der Waals surface area (Å²) in [6.07, 6.45) is 0. The monoisotopic (exact) mass is 736 g/mol. The van der Waals surface area contributed by atoms with Gasteiger partial charge in [0.25, 0.3) is 0 Å². The highest BCUT2D eigenvalue weighted by Crippen LogP contribution is 2.48. The third-order valence-electron chi connectivity index (χ3n) is 11.1. The van der Waals surface area contributed by atoms with E-state index in [1.54, 1.807) is 0 Å². The van der Waals surface area contributed by atoms with E-state index in [-0.39, 0.29) is 21.7 Å². The number of fused-ring (bicyclic) bond motifs is 2. The summed E-state index contributed by atoms with van der Waals surface area (Å²) in [6, 6.07) is 54.2. The maximum atomic E-state index is 2.45. The normalized spacial score (nSPS) is 12.6. The molecule has 2 nitrogen and oxygen atoms in total. The van der Waals surface area contributed by atoms with E-state index in [9.17, 15) is 0 Å². The van der Waals surface area contributed by atoms with Crippen molar-refractivity contribution in [1.82, 2.24) is 0 Å². The van der Waals surface area contributed by atoms with Gasteiger partial charge in [0.2, 0.25) is 0 Å². The fourth-order valence-electron chi connectivity index (χ4n) is 8.37. The highest BCUT2D eigenvalue weighted by molar-refractivity contribution is 6.09. The van der Waals surface area contributed by atoms with Crippen molar-refractivity contribution in [3.63, 3.8) is 0 Å².